The first-order valence-electron chi connectivity index (χ1n) is 10.2. The second-order valence-electron chi connectivity index (χ2n) is 9.43. The lowest BCUT2D eigenvalue weighted by Gasteiger charge is -2.38. The Morgan fingerprint density at radius 2 is 1.56 bits per heavy atom. The number of hydrogen-bond donors (Lipinski definition) is 0. The number of nitrogens with zero attached hydrogens (tertiary/aromatic N) is 3. The van der Waals surface area contributed by atoms with Crippen molar-refractivity contribution >= 4 is 63.4 Å². The van der Waals surface area contributed by atoms with Gasteiger partial charge in [0.1, 0.15) is 31.4 Å². The molecule has 7 nitrogen and oxygen atoms in total. The third-order valence-electron chi connectivity index (χ3n) is 6.99. The molecular formula is C16H20B5F3N3O4P. The molecule has 2 aromatic carbocycles. The minimum Gasteiger partial charge on any atom is -0.295 e. The van der Waals surface area contributed by atoms with Crippen LogP contribution in [0.1, 0.15) is 5.56 Å². The summed E-state index contributed by atoms with van der Waals surface area (Å²) in [5.74, 6) is 0. The first kappa shape index (κ1) is 23.5. The van der Waals surface area contributed by atoms with Crippen molar-refractivity contribution < 1.29 is 27.2 Å². The van der Waals surface area contributed by atoms with Crippen molar-refractivity contribution in [2.24, 2.45) is 0 Å². The molecule has 0 bridgehead atoms. The van der Waals surface area contributed by atoms with Crippen molar-refractivity contribution in [1.82, 2.24) is 9.34 Å². The normalized spacial score (nSPS) is 23.8. The Hall–Kier alpha value is -1.68. The molecule has 0 N–H and O–H groups in total. The smallest absolute Gasteiger partial charge is 0.295 e. The maximum atomic E-state index is 14.6. The topological polar surface area (TPSA) is 75.5 Å². The van der Waals surface area contributed by atoms with Gasteiger partial charge in [0.15, 0.2) is 13.3 Å². The third kappa shape index (κ3) is 3.20. The molecule has 4 rings (SSSR count). The van der Waals surface area contributed by atoms with Gasteiger partial charge in [-0.3, -0.25) is 19.2 Å². The van der Waals surface area contributed by atoms with Gasteiger partial charge in [0.25, 0.3) is 5.69 Å². The van der Waals surface area contributed by atoms with Crippen molar-refractivity contribution in [3.05, 3.63) is 52.1 Å². The van der Waals surface area contributed by atoms with E-state index in [0.29, 0.717) is 13.1 Å². The molecule has 2 aliphatic rings. The summed E-state index contributed by atoms with van der Waals surface area (Å²) in [5, 5.41) is 10.3. The fourth-order valence-corrected chi connectivity index (χ4v) is 7.83. The van der Waals surface area contributed by atoms with E-state index >= 15 is 0 Å². The number of nitro groups is 1. The standard InChI is InChI=1S/C16H20B5F3N3O4P/c17-13(16(22,23)24,11-5-6-12(26(28)29)10-4-2-1-3-9(10)11)31-32(30,25-7-8-25)27-14(18,19)15(27,20)21/h1-6H,7-8,17-21H2. The van der Waals surface area contributed by atoms with E-state index in [-0.39, 0.29) is 22.0 Å². The second-order valence-corrected chi connectivity index (χ2v) is 11.6. The monoisotopic (exact) mass is 461 g/mol. The van der Waals surface area contributed by atoms with Crippen molar-refractivity contribution in [2.45, 2.75) is 22.4 Å². The van der Waals surface area contributed by atoms with Crippen molar-refractivity contribution in [3.8, 4) is 0 Å². The lowest BCUT2D eigenvalue weighted by molar-refractivity contribution is -0.383. The SMILES string of the molecule is BC(OP(=O)(N1CC1)N1C(B)(B)C1(B)B)(c1ccc([N+](=O)[O-])c2ccccc12)C(F)(F)F. The van der Waals surface area contributed by atoms with Gasteiger partial charge < -0.3 is 0 Å². The van der Waals surface area contributed by atoms with Crippen molar-refractivity contribution in [2.75, 3.05) is 13.1 Å². The van der Waals surface area contributed by atoms with E-state index in [1.807, 2.05) is 31.4 Å². The molecule has 16 heteroatoms. The number of nitro benzene ring substituents is 1. The Bertz CT molecular complexity index is 1170. The maximum Gasteiger partial charge on any atom is 0.413 e. The Labute approximate surface area is 187 Å². The molecule has 2 aliphatic heterocycles. The molecular weight excluding hydrogens is 440 g/mol. The van der Waals surface area contributed by atoms with Crippen LogP contribution in [-0.2, 0) is 14.6 Å². The Kier molecular flexibility index (Phi) is 5.08. The zero-order chi connectivity index (χ0) is 23.9. The fraction of sp³-hybridized carbons (Fsp3) is 0.375. The largest absolute Gasteiger partial charge is 0.413 e. The summed E-state index contributed by atoms with van der Waals surface area (Å²) < 4.78 is 66.7. The molecule has 0 aromatic heterocycles. The zero-order valence-electron chi connectivity index (χ0n) is 18.4. The molecule has 2 saturated heterocycles. The molecule has 0 amide bonds. The van der Waals surface area contributed by atoms with Gasteiger partial charge in [-0.25, -0.2) is 9.34 Å². The predicted octanol–water partition coefficient (Wildman–Crippen LogP) is -1.31. The molecule has 0 radical (unpaired) electrons. The van der Waals surface area contributed by atoms with Gasteiger partial charge in [-0.05, 0) is 33.8 Å². The summed E-state index contributed by atoms with van der Waals surface area (Å²) in [7, 11) is 4.06. The van der Waals surface area contributed by atoms with Gasteiger partial charge in [-0.1, -0.05) is 18.2 Å². The number of alkyl halides is 3. The summed E-state index contributed by atoms with van der Waals surface area (Å²) in [5.41, 5.74) is -3.59. The van der Waals surface area contributed by atoms with E-state index in [1.54, 1.807) is 0 Å². The van der Waals surface area contributed by atoms with Gasteiger partial charge in [0.05, 0.1) is 10.3 Å². The lowest BCUT2D eigenvalue weighted by atomic mass is 9.49. The summed E-state index contributed by atoms with van der Waals surface area (Å²) >= 11 is 0. The highest BCUT2D eigenvalue weighted by Crippen LogP contribution is 2.73. The van der Waals surface area contributed by atoms with Crippen LogP contribution in [0.25, 0.3) is 10.8 Å². The first-order chi connectivity index (χ1) is 14.6. The van der Waals surface area contributed by atoms with Crippen LogP contribution in [0.5, 0.6) is 0 Å². The molecule has 0 saturated carbocycles. The van der Waals surface area contributed by atoms with Crippen LogP contribution in [0.2, 0.25) is 0 Å². The van der Waals surface area contributed by atoms with Gasteiger partial charge in [0.2, 0.25) is 0 Å². The summed E-state index contributed by atoms with van der Waals surface area (Å²) in [6, 6.07) is 7.91. The molecule has 0 spiro atoms. The molecule has 32 heavy (non-hydrogen) atoms. The molecule has 2 atom stereocenters. The van der Waals surface area contributed by atoms with Crippen LogP contribution in [0.3, 0.4) is 0 Å². The number of rotatable bonds is 6. The van der Waals surface area contributed by atoms with Gasteiger partial charge in [-0.2, -0.15) is 13.2 Å². The highest BCUT2D eigenvalue weighted by atomic mass is 31.2. The third-order valence-corrected chi connectivity index (χ3v) is 10.2. The molecule has 2 aromatic rings. The maximum absolute atomic E-state index is 14.6. The summed E-state index contributed by atoms with van der Waals surface area (Å²) in [6.45, 7) is 0.740. The number of hydrogen-bond acceptors (Lipinski definition) is 4. The van der Waals surface area contributed by atoms with Crippen LogP contribution in [0.15, 0.2) is 36.4 Å². The molecule has 164 valence electrons. The van der Waals surface area contributed by atoms with E-state index in [2.05, 4.69) is 0 Å². The highest BCUT2D eigenvalue weighted by molar-refractivity contribution is 7.55. The minimum atomic E-state index is -4.94. The number of benzene rings is 2. The van der Waals surface area contributed by atoms with Crippen LogP contribution in [0.4, 0.5) is 18.9 Å². The van der Waals surface area contributed by atoms with E-state index in [9.17, 15) is 27.9 Å². The minimum absolute atomic E-state index is 0.0307. The van der Waals surface area contributed by atoms with Crippen LogP contribution in [0, 0.1) is 10.1 Å². The molecule has 2 fully saturated rings. The number of fused-ring (bicyclic) bond motifs is 1. The van der Waals surface area contributed by atoms with Gasteiger partial charge in [0, 0.05) is 19.2 Å². The van der Waals surface area contributed by atoms with Crippen molar-refractivity contribution in [3.63, 3.8) is 0 Å². The average Bonchev–Trinajstić information content (AvgIpc) is 3.56. The fourth-order valence-electron chi connectivity index (χ4n) is 4.40. The lowest BCUT2D eigenvalue weighted by Crippen LogP contribution is -2.46. The van der Waals surface area contributed by atoms with Gasteiger partial charge in [-0.15, -0.1) is 0 Å². The molecule has 2 unspecified atom stereocenters. The van der Waals surface area contributed by atoms with E-state index < -0.39 is 34.9 Å². The molecule has 0 aliphatic carbocycles. The predicted molar refractivity (Wildman–Crippen MR) is 129 cm³/mol. The van der Waals surface area contributed by atoms with Gasteiger partial charge >= 0.3 is 13.8 Å². The summed E-state index contributed by atoms with van der Waals surface area (Å²) in [4.78, 5) is 10.8. The van der Waals surface area contributed by atoms with Crippen molar-refractivity contribution in [1.29, 1.82) is 0 Å². The van der Waals surface area contributed by atoms with E-state index in [4.69, 9.17) is 4.52 Å². The Morgan fingerprint density at radius 1 is 1.03 bits per heavy atom. The Morgan fingerprint density at radius 3 is 2.00 bits per heavy atom. The summed E-state index contributed by atoms with van der Waals surface area (Å²) in [6.07, 6.45) is -4.94. The number of halogens is 3. The van der Waals surface area contributed by atoms with Crippen LogP contribution < -0.4 is 0 Å². The average molecular weight is 460 g/mol. The highest BCUT2D eigenvalue weighted by Gasteiger charge is 2.73. The quantitative estimate of drug-likeness (QED) is 0.175. The van der Waals surface area contributed by atoms with E-state index in [0.717, 1.165) is 20.0 Å². The molecule has 2 heterocycles. The van der Waals surface area contributed by atoms with Crippen LogP contribution in [-0.4, -0.2) is 83.4 Å². The zero-order valence-corrected chi connectivity index (χ0v) is 19.3. The Balaban J connectivity index is 1.91. The van der Waals surface area contributed by atoms with E-state index in [1.165, 1.54) is 33.6 Å². The number of non-ortho nitro benzene ring substituents is 1. The second kappa shape index (κ2) is 6.92. The van der Waals surface area contributed by atoms with Crippen LogP contribution >= 0.6 is 7.67 Å². The first-order valence-corrected chi connectivity index (χ1v) is 11.7.